The van der Waals surface area contributed by atoms with E-state index in [1.807, 2.05) is 20.2 Å². The van der Waals surface area contributed by atoms with Crippen LogP contribution in [-0.2, 0) is 11.3 Å². The number of quaternary nitrogens is 1. The second kappa shape index (κ2) is 8.29. The zero-order valence-corrected chi connectivity index (χ0v) is 17.3. The van der Waals surface area contributed by atoms with E-state index in [4.69, 9.17) is 4.98 Å². The number of para-hydroxylation sites is 1. The minimum atomic E-state index is 0.111. The molecule has 0 saturated carbocycles. The van der Waals surface area contributed by atoms with E-state index in [1.54, 1.807) is 11.3 Å². The van der Waals surface area contributed by atoms with Gasteiger partial charge in [0.15, 0.2) is 11.6 Å². The predicted octanol–water partition coefficient (Wildman–Crippen LogP) is 2.40. The summed E-state index contributed by atoms with van der Waals surface area (Å²) in [6, 6.07) is 16.9. The van der Waals surface area contributed by atoms with Crippen molar-refractivity contribution in [3.8, 4) is 0 Å². The standard InChI is InChI=1S/C22H26N4OS/c1-25(2)17-11-9-16(10-12-17)14-23-21(27)15-26-13-5-7-19(26)22-24-18-6-3-4-8-20(18)28-22/h3-4,6,8-12,19H,5,7,13-15H2,1-2H3,(H,23,27)/p+1/t19-/m1/s1. The molecule has 0 aliphatic carbocycles. The normalized spacial score (nSPS) is 19.1. The number of carbonyl (C=O) groups excluding carboxylic acids is 1. The highest BCUT2D eigenvalue weighted by Crippen LogP contribution is 2.28. The Kier molecular flexibility index (Phi) is 5.59. The van der Waals surface area contributed by atoms with Gasteiger partial charge >= 0.3 is 0 Å². The van der Waals surface area contributed by atoms with Gasteiger partial charge in [-0.25, -0.2) is 4.98 Å². The van der Waals surface area contributed by atoms with Crippen molar-refractivity contribution in [1.29, 1.82) is 0 Å². The zero-order chi connectivity index (χ0) is 19.5. The number of hydrogen-bond acceptors (Lipinski definition) is 4. The van der Waals surface area contributed by atoms with Gasteiger partial charge in [0, 0.05) is 39.2 Å². The molecule has 6 heteroatoms. The number of likely N-dealkylation sites (tertiary alicyclic amines) is 1. The van der Waals surface area contributed by atoms with Crippen molar-refractivity contribution in [3.63, 3.8) is 0 Å². The molecule has 2 heterocycles. The van der Waals surface area contributed by atoms with Crippen molar-refractivity contribution in [2.75, 3.05) is 32.1 Å². The predicted molar refractivity (Wildman–Crippen MR) is 115 cm³/mol. The fourth-order valence-electron chi connectivity index (χ4n) is 3.84. The Balaban J connectivity index is 1.35. The van der Waals surface area contributed by atoms with Gasteiger partial charge in [-0.2, -0.15) is 0 Å². The third-order valence-electron chi connectivity index (χ3n) is 5.42. The van der Waals surface area contributed by atoms with E-state index in [-0.39, 0.29) is 5.91 Å². The molecule has 0 bridgehead atoms. The maximum Gasteiger partial charge on any atom is 0.275 e. The van der Waals surface area contributed by atoms with Crippen LogP contribution in [0.2, 0.25) is 0 Å². The maximum atomic E-state index is 12.5. The summed E-state index contributed by atoms with van der Waals surface area (Å²) in [5.41, 5.74) is 3.35. The van der Waals surface area contributed by atoms with Gasteiger partial charge in [-0.3, -0.25) is 4.79 Å². The molecule has 4 rings (SSSR count). The van der Waals surface area contributed by atoms with Crippen molar-refractivity contribution in [1.82, 2.24) is 10.3 Å². The third kappa shape index (κ3) is 4.18. The Morgan fingerprint density at radius 2 is 2.00 bits per heavy atom. The van der Waals surface area contributed by atoms with E-state index in [0.717, 1.165) is 36.2 Å². The lowest BCUT2D eigenvalue weighted by molar-refractivity contribution is -0.910. The van der Waals surface area contributed by atoms with Crippen LogP contribution in [0.25, 0.3) is 10.2 Å². The summed E-state index contributed by atoms with van der Waals surface area (Å²) in [7, 11) is 4.05. The largest absolute Gasteiger partial charge is 0.378 e. The van der Waals surface area contributed by atoms with E-state index in [1.165, 1.54) is 14.6 Å². The summed E-state index contributed by atoms with van der Waals surface area (Å²) in [6.07, 6.45) is 2.25. The van der Waals surface area contributed by atoms with Crippen molar-refractivity contribution in [2.24, 2.45) is 0 Å². The molecular formula is C22H27N4OS+. The fourth-order valence-corrected chi connectivity index (χ4v) is 5.00. The topological polar surface area (TPSA) is 49.7 Å². The molecule has 1 aliphatic rings. The first-order chi connectivity index (χ1) is 13.6. The average molecular weight is 396 g/mol. The summed E-state index contributed by atoms with van der Waals surface area (Å²) in [5.74, 6) is 0.111. The molecule has 0 spiro atoms. The minimum absolute atomic E-state index is 0.111. The van der Waals surface area contributed by atoms with Crippen LogP contribution in [0, 0.1) is 0 Å². The van der Waals surface area contributed by atoms with E-state index in [0.29, 0.717) is 19.1 Å². The molecule has 1 aliphatic heterocycles. The van der Waals surface area contributed by atoms with Gasteiger partial charge in [-0.05, 0) is 29.8 Å². The van der Waals surface area contributed by atoms with Gasteiger partial charge in [0.05, 0.1) is 16.8 Å². The van der Waals surface area contributed by atoms with Crippen molar-refractivity contribution < 1.29 is 9.69 Å². The van der Waals surface area contributed by atoms with Crippen LogP contribution in [0.15, 0.2) is 48.5 Å². The lowest BCUT2D eigenvalue weighted by atomic mass is 10.2. The maximum absolute atomic E-state index is 12.5. The first kappa shape index (κ1) is 18.9. The van der Waals surface area contributed by atoms with Crippen LogP contribution < -0.4 is 15.1 Å². The van der Waals surface area contributed by atoms with E-state index in [9.17, 15) is 4.79 Å². The highest BCUT2D eigenvalue weighted by atomic mass is 32.1. The van der Waals surface area contributed by atoms with Crippen LogP contribution in [-0.4, -0.2) is 38.1 Å². The van der Waals surface area contributed by atoms with Crippen LogP contribution >= 0.6 is 11.3 Å². The van der Waals surface area contributed by atoms with Crippen LogP contribution in [0.3, 0.4) is 0 Å². The Labute approximate surface area is 170 Å². The first-order valence-corrected chi connectivity index (χ1v) is 10.6. The molecule has 5 nitrogen and oxygen atoms in total. The molecule has 2 atom stereocenters. The summed E-state index contributed by atoms with van der Waals surface area (Å²) in [5, 5.41) is 4.25. The molecule has 146 valence electrons. The van der Waals surface area contributed by atoms with Gasteiger partial charge < -0.3 is 15.1 Å². The number of hydrogen-bond donors (Lipinski definition) is 2. The number of rotatable bonds is 6. The molecule has 2 aromatic carbocycles. The van der Waals surface area contributed by atoms with E-state index >= 15 is 0 Å². The average Bonchev–Trinajstić information content (AvgIpc) is 3.33. The second-order valence-corrected chi connectivity index (χ2v) is 8.70. The molecule has 1 aromatic heterocycles. The van der Waals surface area contributed by atoms with Gasteiger partial charge in [0.1, 0.15) is 6.04 Å². The number of anilines is 1. The molecule has 28 heavy (non-hydrogen) atoms. The molecule has 3 aromatic rings. The molecule has 1 amide bonds. The summed E-state index contributed by atoms with van der Waals surface area (Å²) < 4.78 is 1.23. The Hall–Kier alpha value is -2.44. The quantitative estimate of drug-likeness (QED) is 0.674. The number of fused-ring (bicyclic) bond motifs is 1. The van der Waals surface area contributed by atoms with Crippen LogP contribution in [0.1, 0.15) is 29.5 Å². The number of nitrogens with one attached hydrogen (secondary N) is 2. The Morgan fingerprint density at radius 3 is 2.75 bits per heavy atom. The van der Waals surface area contributed by atoms with Gasteiger partial charge in [0.25, 0.3) is 5.91 Å². The zero-order valence-electron chi connectivity index (χ0n) is 16.4. The highest BCUT2D eigenvalue weighted by Gasteiger charge is 2.33. The van der Waals surface area contributed by atoms with Crippen molar-refractivity contribution in [3.05, 3.63) is 59.1 Å². The molecule has 0 radical (unpaired) electrons. The van der Waals surface area contributed by atoms with Gasteiger partial charge in [-0.15, -0.1) is 11.3 Å². The van der Waals surface area contributed by atoms with Gasteiger partial charge in [0.2, 0.25) is 0 Å². The van der Waals surface area contributed by atoms with Crippen LogP contribution in [0.4, 0.5) is 5.69 Å². The third-order valence-corrected chi connectivity index (χ3v) is 6.57. The summed E-state index contributed by atoms with van der Waals surface area (Å²) >= 11 is 1.77. The number of amides is 1. The summed E-state index contributed by atoms with van der Waals surface area (Å²) in [4.78, 5) is 20.8. The SMILES string of the molecule is CN(C)c1ccc(CNC(=O)C[NH+]2CCC[C@@H]2c2nc3ccccc3s2)cc1. The number of carbonyl (C=O) groups is 1. The number of nitrogens with zero attached hydrogens (tertiary/aromatic N) is 2. The minimum Gasteiger partial charge on any atom is -0.378 e. The molecule has 1 fully saturated rings. The number of benzene rings is 2. The lowest BCUT2D eigenvalue weighted by Crippen LogP contribution is -3.11. The van der Waals surface area contributed by atoms with E-state index < -0.39 is 0 Å². The molecule has 1 saturated heterocycles. The molecule has 2 N–H and O–H groups in total. The lowest BCUT2D eigenvalue weighted by Gasteiger charge is -2.19. The van der Waals surface area contributed by atoms with Crippen molar-refractivity contribution >= 4 is 33.1 Å². The fraction of sp³-hybridized carbons (Fsp3) is 0.364. The number of aromatic nitrogens is 1. The van der Waals surface area contributed by atoms with E-state index in [2.05, 4.69) is 52.7 Å². The highest BCUT2D eigenvalue weighted by molar-refractivity contribution is 7.18. The summed E-state index contributed by atoms with van der Waals surface area (Å²) in [6.45, 7) is 2.12. The number of thiazole rings is 1. The smallest absolute Gasteiger partial charge is 0.275 e. The van der Waals surface area contributed by atoms with Crippen molar-refractivity contribution in [2.45, 2.75) is 25.4 Å². The monoisotopic (exact) mass is 395 g/mol. The Morgan fingerprint density at radius 1 is 1.21 bits per heavy atom. The first-order valence-electron chi connectivity index (χ1n) is 9.83. The Bertz CT molecular complexity index is 918. The molecule has 1 unspecified atom stereocenters. The van der Waals surface area contributed by atoms with Crippen LogP contribution in [0.5, 0.6) is 0 Å². The second-order valence-electron chi connectivity index (χ2n) is 7.64. The molecular weight excluding hydrogens is 368 g/mol. The van der Waals surface area contributed by atoms with Gasteiger partial charge in [-0.1, -0.05) is 24.3 Å².